The van der Waals surface area contributed by atoms with E-state index in [0.29, 0.717) is 12.1 Å². The van der Waals surface area contributed by atoms with Crippen LogP contribution in [0.3, 0.4) is 0 Å². The van der Waals surface area contributed by atoms with E-state index in [4.69, 9.17) is 15.8 Å². The Morgan fingerprint density at radius 1 is 1.22 bits per heavy atom. The summed E-state index contributed by atoms with van der Waals surface area (Å²) in [6.07, 6.45) is 0.829. The molecule has 0 bridgehead atoms. The van der Waals surface area contributed by atoms with Crippen molar-refractivity contribution in [2.45, 2.75) is 51.6 Å². The molecule has 0 aliphatic rings. The monoisotopic (exact) mass is 409 g/mol. The minimum Gasteiger partial charge on any atom is -0.379 e. The van der Waals surface area contributed by atoms with Crippen LogP contribution in [-0.4, -0.2) is 25.3 Å². The molecule has 0 saturated carbocycles. The van der Waals surface area contributed by atoms with Gasteiger partial charge >= 0.3 is 10.1 Å². The highest BCUT2D eigenvalue weighted by Crippen LogP contribution is 2.28. The second kappa shape index (κ2) is 8.76. The summed E-state index contributed by atoms with van der Waals surface area (Å²) < 4.78 is 30.6. The first kappa shape index (κ1) is 21.3. The van der Waals surface area contributed by atoms with E-state index in [1.807, 2.05) is 19.9 Å². The van der Waals surface area contributed by atoms with Crippen molar-refractivity contribution >= 4 is 27.6 Å². The lowest BCUT2D eigenvalue weighted by Crippen LogP contribution is -2.36. The first-order valence-corrected chi connectivity index (χ1v) is 10.5. The minimum atomic E-state index is -4.07. The van der Waals surface area contributed by atoms with Crippen LogP contribution in [0.15, 0.2) is 47.4 Å². The first-order chi connectivity index (χ1) is 12.7. The lowest BCUT2D eigenvalue weighted by molar-refractivity contribution is -0.131. The van der Waals surface area contributed by atoms with Gasteiger partial charge in [0.2, 0.25) is 5.91 Å². The smallest absolute Gasteiger partial charge is 0.340 e. The van der Waals surface area contributed by atoms with Crippen molar-refractivity contribution in [1.82, 2.24) is 4.90 Å². The van der Waals surface area contributed by atoms with Crippen LogP contribution >= 0.6 is 11.6 Å². The van der Waals surface area contributed by atoms with Crippen molar-refractivity contribution in [3.63, 3.8) is 0 Å². The number of halogens is 1. The minimum absolute atomic E-state index is 0.0324. The van der Waals surface area contributed by atoms with E-state index in [0.717, 1.165) is 12.0 Å². The van der Waals surface area contributed by atoms with E-state index in [1.54, 1.807) is 42.2 Å². The van der Waals surface area contributed by atoms with E-state index < -0.39 is 10.1 Å². The molecule has 0 N–H and O–H groups in total. The number of benzene rings is 2. The van der Waals surface area contributed by atoms with Crippen LogP contribution in [0.1, 0.15) is 38.3 Å². The Balaban J connectivity index is 2.29. The third-order valence-electron chi connectivity index (χ3n) is 4.40. The molecule has 0 aromatic heterocycles. The quantitative estimate of drug-likeness (QED) is 0.628. The number of aryl methyl sites for hydroxylation is 1. The fraction of sp³-hybridized carbons (Fsp3) is 0.350. The molecule has 1 atom stereocenters. The highest BCUT2D eigenvalue weighted by Gasteiger charge is 2.23. The second-order valence-corrected chi connectivity index (χ2v) is 8.37. The highest BCUT2D eigenvalue weighted by atomic mass is 35.5. The van der Waals surface area contributed by atoms with Crippen molar-refractivity contribution in [2.24, 2.45) is 0 Å². The van der Waals surface area contributed by atoms with Gasteiger partial charge in [0.15, 0.2) is 0 Å². The van der Waals surface area contributed by atoms with E-state index in [2.05, 4.69) is 0 Å². The Hall–Kier alpha value is -2.05. The third kappa shape index (κ3) is 5.23. The maximum atomic E-state index is 12.7. The van der Waals surface area contributed by atoms with Gasteiger partial charge in [-0.2, -0.15) is 8.42 Å². The second-order valence-electron chi connectivity index (χ2n) is 6.47. The van der Waals surface area contributed by atoms with Gasteiger partial charge in [-0.3, -0.25) is 4.79 Å². The van der Waals surface area contributed by atoms with Crippen LogP contribution < -0.4 is 4.18 Å². The van der Waals surface area contributed by atoms with Gasteiger partial charge in [0, 0.05) is 19.5 Å². The van der Waals surface area contributed by atoms with Crippen LogP contribution in [0, 0.1) is 6.92 Å². The molecule has 0 radical (unpaired) electrons. The van der Waals surface area contributed by atoms with Crippen LogP contribution in [0.4, 0.5) is 0 Å². The van der Waals surface area contributed by atoms with Gasteiger partial charge in [-0.25, -0.2) is 0 Å². The molecule has 0 spiro atoms. The third-order valence-corrected chi connectivity index (χ3v) is 6.28. The van der Waals surface area contributed by atoms with Gasteiger partial charge in [0.1, 0.15) is 10.6 Å². The van der Waals surface area contributed by atoms with E-state index in [-0.39, 0.29) is 27.6 Å². The lowest BCUT2D eigenvalue weighted by Gasteiger charge is -2.27. The molecule has 0 saturated heterocycles. The van der Waals surface area contributed by atoms with E-state index >= 15 is 0 Å². The molecule has 1 amide bonds. The summed E-state index contributed by atoms with van der Waals surface area (Å²) >= 11 is 6.06. The van der Waals surface area contributed by atoms with Crippen LogP contribution in [0.25, 0.3) is 0 Å². The molecule has 0 aliphatic carbocycles. The average molecular weight is 410 g/mol. The fourth-order valence-electron chi connectivity index (χ4n) is 2.79. The molecule has 146 valence electrons. The predicted molar refractivity (Wildman–Crippen MR) is 106 cm³/mol. The van der Waals surface area contributed by atoms with Gasteiger partial charge < -0.3 is 9.08 Å². The normalized spacial score (nSPS) is 12.5. The van der Waals surface area contributed by atoms with E-state index in [1.165, 1.54) is 13.0 Å². The zero-order valence-electron chi connectivity index (χ0n) is 15.9. The summed E-state index contributed by atoms with van der Waals surface area (Å²) in [4.78, 5) is 13.6. The van der Waals surface area contributed by atoms with Crippen LogP contribution in [0.5, 0.6) is 5.75 Å². The number of carbonyl (C=O) groups excluding carboxylic acids is 1. The van der Waals surface area contributed by atoms with Gasteiger partial charge in [-0.1, -0.05) is 42.8 Å². The Bertz CT molecular complexity index is 907. The Labute approximate surface area is 166 Å². The van der Waals surface area contributed by atoms with E-state index in [9.17, 15) is 13.2 Å². The van der Waals surface area contributed by atoms with Crippen LogP contribution in [0.2, 0.25) is 5.02 Å². The predicted octanol–water partition coefficient (Wildman–Crippen LogP) is 4.56. The number of hydrogen-bond acceptors (Lipinski definition) is 4. The molecular weight excluding hydrogens is 386 g/mol. The van der Waals surface area contributed by atoms with Gasteiger partial charge in [-0.15, -0.1) is 0 Å². The number of amides is 1. The molecule has 2 aromatic carbocycles. The fourth-order valence-corrected chi connectivity index (χ4v) is 4.51. The summed E-state index contributed by atoms with van der Waals surface area (Å²) in [6.45, 7) is 7.56. The van der Waals surface area contributed by atoms with Crippen molar-refractivity contribution in [2.75, 3.05) is 0 Å². The average Bonchev–Trinajstić information content (AvgIpc) is 2.58. The van der Waals surface area contributed by atoms with Gasteiger partial charge in [0.05, 0.1) is 5.02 Å². The van der Waals surface area contributed by atoms with Gasteiger partial charge in [0.25, 0.3) is 0 Å². The SMILES string of the molecule is CC[C@H](C)N(Cc1cccc(OS(=O)(=O)c2c(C)cccc2Cl)c1)C(C)=O. The zero-order chi connectivity index (χ0) is 20.2. The summed E-state index contributed by atoms with van der Waals surface area (Å²) in [5, 5.41) is 0.116. The molecule has 0 aliphatic heterocycles. The topological polar surface area (TPSA) is 63.7 Å². The number of hydrogen-bond donors (Lipinski definition) is 0. The Morgan fingerprint density at radius 3 is 2.48 bits per heavy atom. The number of rotatable bonds is 7. The maximum absolute atomic E-state index is 12.7. The Morgan fingerprint density at radius 2 is 1.89 bits per heavy atom. The van der Waals surface area contributed by atoms with Crippen molar-refractivity contribution in [3.8, 4) is 5.75 Å². The standard InChI is InChI=1S/C20H24ClNO4S/c1-5-15(3)22(16(4)23)13-17-9-7-10-18(12-17)26-27(24,25)20-14(2)8-6-11-19(20)21/h6-12,15H,5,13H2,1-4H3/t15-/m0/s1. The summed E-state index contributed by atoms with van der Waals surface area (Å²) in [5.74, 6) is 0.148. The van der Waals surface area contributed by atoms with Crippen molar-refractivity contribution < 1.29 is 17.4 Å². The molecule has 0 fully saturated rings. The molecule has 5 nitrogen and oxygen atoms in total. The largest absolute Gasteiger partial charge is 0.379 e. The summed E-state index contributed by atoms with van der Waals surface area (Å²) in [7, 11) is -4.07. The molecule has 0 heterocycles. The summed E-state index contributed by atoms with van der Waals surface area (Å²) in [6, 6.07) is 11.7. The molecule has 7 heteroatoms. The number of carbonyl (C=O) groups is 1. The van der Waals surface area contributed by atoms with Crippen LogP contribution in [-0.2, 0) is 21.5 Å². The zero-order valence-corrected chi connectivity index (χ0v) is 17.5. The summed E-state index contributed by atoms with van der Waals surface area (Å²) in [5.41, 5.74) is 1.30. The Kier molecular flexibility index (Phi) is 6.89. The molecule has 27 heavy (non-hydrogen) atoms. The number of nitrogens with zero attached hydrogens (tertiary/aromatic N) is 1. The highest BCUT2D eigenvalue weighted by molar-refractivity contribution is 7.87. The maximum Gasteiger partial charge on any atom is 0.340 e. The molecule has 2 rings (SSSR count). The van der Waals surface area contributed by atoms with Crippen molar-refractivity contribution in [1.29, 1.82) is 0 Å². The van der Waals surface area contributed by atoms with Crippen molar-refractivity contribution in [3.05, 3.63) is 58.6 Å². The molecule has 0 unspecified atom stereocenters. The van der Waals surface area contributed by atoms with Gasteiger partial charge in [-0.05, 0) is 49.6 Å². The first-order valence-electron chi connectivity index (χ1n) is 8.71. The lowest BCUT2D eigenvalue weighted by atomic mass is 10.1. The molecular formula is C20H24ClNO4S. The molecule has 2 aromatic rings.